The maximum Gasteiger partial charge on any atom is 0.183 e. The molecule has 0 bridgehead atoms. The van der Waals surface area contributed by atoms with Gasteiger partial charge in [0.05, 0.1) is 5.69 Å². The molecule has 0 spiro atoms. The van der Waals surface area contributed by atoms with E-state index < -0.39 is 0 Å². The summed E-state index contributed by atoms with van der Waals surface area (Å²) in [5.74, 6) is 0. The summed E-state index contributed by atoms with van der Waals surface area (Å²) in [7, 11) is 0. The summed E-state index contributed by atoms with van der Waals surface area (Å²) in [4.78, 5) is 4.44. The average Bonchev–Trinajstić information content (AvgIpc) is 2.29. The molecule has 0 fully saturated rings. The van der Waals surface area contributed by atoms with Gasteiger partial charge in [0, 0.05) is 4.47 Å². The van der Waals surface area contributed by atoms with Gasteiger partial charge in [-0.2, -0.15) is 5.26 Å². The zero-order chi connectivity index (χ0) is 13.8. The Morgan fingerprint density at radius 1 is 1.44 bits per heavy atom. The number of rotatable bonds is 1. The van der Waals surface area contributed by atoms with Crippen molar-refractivity contribution in [2.24, 2.45) is 4.99 Å². The first-order valence-corrected chi connectivity index (χ1v) is 7.48. The van der Waals surface area contributed by atoms with E-state index in [1.807, 2.05) is 24.6 Å². The smallest absolute Gasteiger partial charge is 0.183 e. The maximum absolute atomic E-state index is 8.63. The largest absolute Gasteiger partial charge is 0.271 e. The lowest BCUT2D eigenvalue weighted by Crippen LogP contribution is -2.13. The molecule has 0 aliphatic rings. The fraction of sp³-hybridized carbons (Fsp3) is 0.385. The van der Waals surface area contributed by atoms with Gasteiger partial charge in [0.15, 0.2) is 11.4 Å². The van der Waals surface area contributed by atoms with Crippen molar-refractivity contribution in [2.45, 2.75) is 26.2 Å². The third kappa shape index (κ3) is 4.04. The molecule has 18 heavy (non-hydrogen) atoms. The lowest BCUT2D eigenvalue weighted by molar-refractivity contribution is 0.590. The van der Waals surface area contributed by atoms with Crippen LogP contribution in [0.2, 0.25) is 0 Å². The quantitative estimate of drug-likeness (QED) is 0.365. The van der Waals surface area contributed by atoms with Crippen molar-refractivity contribution in [1.82, 2.24) is 5.32 Å². The molecule has 96 valence electrons. The molecule has 0 aromatic heterocycles. The van der Waals surface area contributed by atoms with Crippen LogP contribution in [0.1, 0.15) is 26.3 Å². The molecular weight excluding hydrogens is 310 g/mol. The van der Waals surface area contributed by atoms with Crippen LogP contribution in [0, 0.1) is 11.5 Å². The Labute approximate surface area is 121 Å². The summed E-state index contributed by atoms with van der Waals surface area (Å²) in [5.41, 5.74) is 2.11. The van der Waals surface area contributed by atoms with Crippen LogP contribution in [0.15, 0.2) is 27.7 Å². The van der Waals surface area contributed by atoms with Gasteiger partial charge >= 0.3 is 0 Å². The van der Waals surface area contributed by atoms with Crippen molar-refractivity contribution in [2.75, 3.05) is 6.26 Å². The minimum Gasteiger partial charge on any atom is -0.271 e. The van der Waals surface area contributed by atoms with Gasteiger partial charge in [-0.3, -0.25) is 5.32 Å². The molecule has 0 aliphatic heterocycles. The third-order valence-corrected chi connectivity index (χ3v) is 3.64. The molecule has 5 heteroatoms. The van der Waals surface area contributed by atoms with E-state index in [1.165, 1.54) is 17.3 Å². The molecule has 0 saturated carbocycles. The first kappa shape index (κ1) is 15.1. The van der Waals surface area contributed by atoms with Crippen molar-refractivity contribution in [3.63, 3.8) is 0 Å². The summed E-state index contributed by atoms with van der Waals surface area (Å²) >= 11 is 4.89. The van der Waals surface area contributed by atoms with E-state index >= 15 is 0 Å². The molecule has 1 aromatic rings. The molecule has 0 heterocycles. The van der Waals surface area contributed by atoms with E-state index in [9.17, 15) is 0 Å². The molecule has 1 aromatic carbocycles. The molecule has 1 rings (SSSR count). The molecule has 0 amide bonds. The Balaban J connectivity index is 3.20. The standard InChI is InChI=1S/C13H16BrN3S/c1-13(2,3)9-5-6-10(14)11(7-9)17-12(18-4)16-8-15/h5-7H,1-4H3,(H,16,17). The van der Waals surface area contributed by atoms with Gasteiger partial charge in [-0.1, -0.05) is 38.6 Å². The maximum atomic E-state index is 8.63. The van der Waals surface area contributed by atoms with Crippen LogP contribution in [0.5, 0.6) is 0 Å². The van der Waals surface area contributed by atoms with Crippen molar-refractivity contribution in [1.29, 1.82) is 5.26 Å². The second kappa shape index (κ2) is 6.26. The minimum atomic E-state index is 0.0765. The van der Waals surface area contributed by atoms with E-state index in [4.69, 9.17) is 5.26 Å². The number of hydrogen-bond acceptors (Lipinski definition) is 3. The number of benzene rings is 1. The Bertz CT molecular complexity index is 498. The topological polar surface area (TPSA) is 48.2 Å². The van der Waals surface area contributed by atoms with Crippen LogP contribution in [0.4, 0.5) is 5.69 Å². The molecule has 0 radical (unpaired) electrons. The number of amidine groups is 1. The van der Waals surface area contributed by atoms with E-state index in [0.29, 0.717) is 5.17 Å². The molecule has 3 nitrogen and oxygen atoms in total. The summed E-state index contributed by atoms with van der Waals surface area (Å²) in [5, 5.41) is 11.8. The lowest BCUT2D eigenvalue weighted by Gasteiger charge is -2.19. The molecule has 0 atom stereocenters. The third-order valence-electron chi connectivity index (χ3n) is 2.39. The minimum absolute atomic E-state index is 0.0765. The van der Waals surface area contributed by atoms with Crippen LogP contribution in [0.25, 0.3) is 0 Å². The monoisotopic (exact) mass is 325 g/mol. The zero-order valence-electron chi connectivity index (χ0n) is 10.9. The van der Waals surface area contributed by atoms with E-state index in [0.717, 1.165) is 10.2 Å². The second-order valence-electron chi connectivity index (χ2n) is 4.77. The fourth-order valence-corrected chi connectivity index (χ4v) is 2.02. The highest BCUT2D eigenvalue weighted by molar-refractivity contribution is 9.10. The predicted molar refractivity (Wildman–Crippen MR) is 82.2 cm³/mol. The summed E-state index contributed by atoms with van der Waals surface area (Å²) in [6.07, 6.45) is 3.77. The van der Waals surface area contributed by atoms with Crippen LogP contribution in [-0.4, -0.2) is 11.4 Å². The molecule has 0 unspecified atom stereocenters. The number of halogens is 1. The summed E-state index contributed by atoms with van der Waals surface area (Å²) in [6.45, 7) is 6.48. The van der Waals surface area contributed by atoms with Gasteiger partial charge in [0.2, 0.25) is 0 Å². The first-order valence-electron chi connectivity index (χ1n) is 5.46. The lowest BCUT2D eigenvalue weighted by atomic mass is 9.87. The van der Waals surface area contributed by atoms with Crippen LogP contribution < -0.4 is 5.32 Å². The number of hydrogen-bond donors (Lipinski definition) is 1. The normalized spacial score (nSPS) is 12.1. The number of aliphatic imine (C=N–C) groups is 1. The molecule has 0 saturated heterocycles. The highest BCUT2D eigenvalue weighted by Crippen LogP contribution is 2.32. The Morgan fingerprint density at radius 2 is 2.11 bits per heavy atom. The summed E-state index contributed by atoms with van der Waals surface area (Å²) < 4.78 is 0.918. The predicted octanol–water partition coefficient (Wildman–Crippen LogP) is 4.17. The summed E-state index contributed by atoms with van der Waals surface area (Å²) in [6, 6.07) is 6.11. The van der Waals surface area contributed by atoms with Gasteiger partial charge in [0.1, 0.15) is 0 Å². The van der Waals surface area contributed by atoms with Crippen LogP contribution in [-0.2, 0) is 5.41 Å². The number of nitrogens with one attached hydrogen (secondary N) is 1. The van der Waals surface area contributed by atoms with Gasteiger partial charge in [-0.05, 0) is 45.3 Å². The van der Waals surface area contributed by atoms with Gasteiger partial charge in [-0.25, -0.2) is 4.99 Å². The van der Waals surface area contributed by atoms with E-state index in [-0.39, 0.29) is 5.41 Å². The van der Waals surface area contributed by atoms with E-state index in [1.54, 1.807) is 0 Å². The van der Waals surface area contributed by atoms with Crippen LogP contribution in [0.3, 0.4) is 0 Å². The fourth-order valence-electron chi connectivity index (χ4n) is 1.35. The van der Waals surface area contributed by atoms with Crippen molar-refractivity contribution >= 4 is 38.5 Å². The first-order chi connectivity index (χ1) is 8.38. The van der Waals surface area contributed by atoms with Crippen molar-refractivity contribution in [3.05, 3.63) is 28.2 Å². The molecule has 0 aliphatic carbocycles. The highest BCUT2D eigenvalue weighted by atomic mass is 79.9. The SMILES string of the molecule is CSC(=Nc1cc(C(C)(C)C)ccc1Br)NC#N. The van der Waals surface area contributed by atoms with Crippen molar-refractivity contribution in [3.8, 4) is 6.19 Å². The average molecular weight is 326 g/mol. The highest BCUT2D eigenvalue weighted by Gasteiger charge is 2.15. The van der Waals surface area contributed by atoms with E-state index in [2.05, 4.69) is 53.1 Å². The van der Waals surface area contributed by atoms with Gasteiger partial charge < -0.3 is 0 Å². The zero-order valence-corrected chi connectivity index (χ0v) is 13.3. The Hall–Kier alpha value is -0.990. The molecular formula is C13H16BrN3S. The number of thioether (sulfide) groups is 1. The number of nitrogens with zero attached hydrogens (tertiary/aromatic N) is 2. The van der Waals surface area contributed by atoms with Crippen LogP contribution >= 0.6 is 27.7 Å². The second-order valence-corrected chi connectivity index (χ2v) is 6.42. The Kier molecular flexibility index (Phi) is 5.24. The van der Waals surface area contributed by atoms with Crippen molar-refractivity contribution < 1.29 is 0 Å². The Morgan fingerprint density at radius 3 is 2.61 bits per heavy atom. The van der Waals surface area contributed by atoms with Gasteiger partial charge in [-0.15, -0.1) is 0 Å². The number of nitriles is 1. The molecule has 1 N–H and O–H groups in total. The van der Waals surface area contributed by atoms with Gasteiger partial charge in [0.25, 0.3) is 0 Å².